The van der Waals surface area contributed by atoms with Crippen molar-refractivity contribution in [3.63, 3.8) is 0 Å². The van der Waals surface area contributed by atoms with Gasteiger partial charge in [-0.3, -0.25) is 4.98 Å². The lowest BCUT2D eigenvalue weighted by molar-refractivity contribution is -0.176. The zero-order valence-corrected chi connectivity index (χ0v) is 21.5. The van der Waals surface area contributed by atoms with Crippen molar-refractivity contribution in [2.24, 2.45) is 5.92 Å². The van der Waals surface area contributed by atoms with Crippen LogP contribution in [0.15, 0.2) is 36.5 Å². The van der Waals surface area contributed by atoms with Gasteiger partial charge in [0.15, 0.2) is 0 Å². The third-order valence-corrected chi connectivity index (χ3v) is 5.93. The lowest BCUT2D eigenvalue weighted by Crippen LogP contribution is -2.43. The van der Waals surface area contributed by atoms with Crippen LogP contribution in [0.3, 0.4) is 0 Å². The van der Waals surface area contributed by atoms with Crippen LogP contribution in [0, 0.1) is 12.8 Å². The lowest BCUT2D eigenvalue weighted by atomic mass is 9.98. The van der Waals surface area contributed by atoms with Crippen molar-refractivity contribution in [3.05, 3.63) is 42.2 Å². The molecular weight excluding hydrogens is 497 g/mol. The quantitative estimate of drug-likeness (QED) is 0.462. The first kappa shape index (κ1) is 29.2. The maximum Gasteiger partial charge on any atom is 0.393 e. The molecule has 3 aromatic rings. The van der Waals surface area contributed by atoms with Gasteiger partial charge in [-0.05, 0) is 63.4 Å². The molecule has 1 fully saturated rings. The van der Waals surface area contributed by atoms with E-state index >= 15 is 0 Å². The molecule has 1 aliphatic rings. The van der Waals surface area contributed by atoms with Gasteiger partial charge < -0.3 is 20.4 Å². The number of ether oxygens (including phenoxy) is 1. The summed E-state index contributed by atoms with van der Waals surface area (Å²) in [6.45, 7) is 6.20. The summed E-state index contributed by atoms with van der Waals surface area (Å²) < 4.78 is 47.3. The van der Waals surface area contributed by atoms with E-state index in [0.717, 1.165) is 16.8 Å². The van der Waals surface area contributed by atoms with E-state index in [2.05, 4.69) is 20.4 Å². The number of aromatic nitrogens is 4. The Hall–Kier alpha value is -3.05. The normalized spacial score (nSPS) is 15.8. The number of rotatable bonds is 6. The highest BCUT2D eigenvalue weighted by Crippen LogP contribution is 2.36. The molecule has 2 aromatic heterocycles. The van der Waals surface area contributed by atoms with Gasteiger partial charge in [0.2, 0.25) is 11.9 Å². The van der Waals surface area contributed by atoms with Gasteiger partial charge in [-0.15, -0.1) is 17.5 Å². The maximum absolute atomic E-state index is 13.3. The molecule has 1 aliphatic heterocycles. The summed E-state index contributed by atoms with van der Waals surface area (Å²) in [7, 11) is 1.61. The molecule has 0 bridgehead atoms. The lowest BCUT2D eigenvalue weighted by Gasteiger charge is -2.34. The van der Waals surface area contributed by atoms with Gasteiger partial charge >= 0.3 is 6.18 Å². The number of methoxy groups -OCH3 is 1. The van der Waals surface area contributed by atoms with Crippen LogP contribution >= 0.6 is 12.4 Å². The molecule has 1 atom stereocenters. The summed E-state index contributed by atoms with van der Waals surface area (Å²) in [6.07, 6.45) is -1.85. The third-order valence-electron chi connectivity index (χ3n) is 5.93. The molecule has 4 rings (SSSR count). The molecule has 8 nitrogen and oxygen atoms in total. The highest BCUT2D eigenvalue weighted by molar-refractivity contribution is 5.85. The van der Waals surface area contributed by atoms with Crippen molar-refractivity contribution < 1.29 is 23.4 Å². The van der Waals surface area contributed by atoms with Gasteiger partial charge in [0, 0.05) is 42.3 Å². The van der Waals surface area contributed by atoms with E-state index in [1.807, 2.05) is 51.1 Å². The summed E-state index contributed by atoms with van der Waals surface area (Å²) in [4.78, 5) is 10.5. The number of aryl methyl sites for hydroxylation is 1. The van der Waals surface area contributed by atoms with Crippen LogP contribution in [0.25, 0.3) is 11.1 Å². The number of anilines is 3. The van der Waals surface area contributed by atoms with E-state index in [1.165, 1.54) is 0 Å². The fourth-order valence-corrected chi connectivity index (χ4v) is 4.21. The van der Waals surface area contributed by atoms with E-state index < -0.39 is 12.1 Å². The van der Waals surface area contributed by atoms with Gasteiger partial charge in [-0.2, -0.15) is 18.2 Å². The second-order valence-corrected chi connectivity index (χ2v) is 8.83. The first-order chi connectivity index (χ1) is 16.2. The van der Waals surface area contributed by atoms with Gasteiger partial charge in [-0.1, -0.05) is 0 Å². The van der Waals surface area contributed by atoms with Gasteiger partial charge in [0.05, 0.1) is 19.1 Å². The number of pyridine rings is 1. The summed E-state index contributed by atoms with van der Waals surface area (Å²) in [5.41, 5.74) is 3.53. The molecule has 0 saturated carbocycles. The summed E-state index contributed by atoms with van der Waals surface area (Å²) >= 11 is 0. The summed E-state index contributed by atoms with van der Waals surface area (Å²) in [5.74, 6) is 0.0847. The number of benzene rings is 1. The number of hydrogen-bond acceptors (Lipinski definition) is 6. The predicted molar refractivity (Wildman–Crippen MR) is 137 cm³/mol. The molecule has 0 amide bonds. The third kappa shape index (κ3) is 6.38. The Morgan fingerprint density at radius 1 is 1.17 bits per heavy atom. The van der Waals surface area contributed by atoms with Crippen LogP contribution in [-0.2, 0) is 0 Å². The molecule has 12 heteroatoms. The highest BCUT2D eigenvalue weighted by atomic mass is 35.5. The van der Waals surface area contributed by atoms with Crippen molar-refractivity contribution in [1.82, 2.24) is 19.7 Å². The Bertz CT molecular complexity index is 1160. The molecule has 0 spiro atoms. The van der Waals surface area contributed by atoms with Crippen LogP contribution in [0.1, 0.15) is 38.4 Å². The smallest absolute Gasteiger partial charge is 0.393 e. The van der Waals surface area contributed by atoms with Gasteiger partial charge in [-0.25, -0.2) is 4.68 Å². The predicted octanol–water partition coefficient (Wildman–Crippen LogP) is 5.36. The average molecular weight is 529 g/mol. The first-order valence-corrected chi connectivity index (χ1v) is 11.3. The Morgan fingerprint density at radius 2 is 1.92 bits per heavy atom. The van der Waals surface area contributed by atoms with Crippen LogP contribution in [0.2, 0.25) is 0 Å². The highest BCUT2D eigenvalue weighted by Gasteiger charge is 2.42. The second kappa shape index (κ2) is 11.8. The molecule has 1 saturated heterocycles. The monoisotopic (exact) mass is 528 g/mol. The minimum atomic E-state index is -4.21. The first-order valence-electron chi connectivity index (χ1n) is 11.3. The zero-order chi connectivity index (χ0) is 24.5. The van der Waals surface area contributed by atoms with E-state index in [1.54, 1.807) is 22.9 Å². The molecule has 0 radical (unpaired) electrons. The molecule has 0 aliphatic carbocycles. The zero-order valence-electron chi connectivity index (χ0n) is 20.6. The SMILES string of the molecule is COc1cc(Nc2nc(N3CCCC(C(F)(F)F)C3)n(C(C)C)n2)ccc1-c1ccnc(C)c1.Cl.O. The Balaban J connectivity index is 0.00000228. The van der Waals surface area contributed by atoms with E-state index in [9.17, 15) is 13.2 Å². The minimum Gasteiger partial charge on any atom is -0.496 e. The van der Waals surface area contributed by atoms with E-state index in [-0.39, 0.29) is 36.9 Å². The molecule has 3 heterocycles. The average Bonchev–Trinajstić information content (AvgIpc) is 3.23. The van der Waals surface area contributed by atoms with Gasteiger partial charge in [0.1, 0.15) is 5.75 Å². The molecule has 198 valence electrons. The number of nitrogens with zero attached hydrogens (tertiary/aromatic N) is 5. The fourth-order valence-electron chi connectivity index (χ4n) is 4.21. The Labute approximate surface area is 214 Å². The van der Waals surface area contributed by atoms with E-state index in [4.69, 9.17) is 4.74 Å². The summed E-state index contributed by atoms with van der Waals surface area (Å²) in [5, 5.41) is 7.72. The standard InChI is InChI=1S/C24H29F3N6O.ClH.H2O/c1-15(2)33-23(32-11-5-6-18(14-32)24(25,26)27)30-22(31-33)29-19-7-8-20(21(13-19)34-4)17-9-10-28-16(3)12-17;;/h7-10,12-13,15,18H,5-6,11,14H2,1-4H3,(H,29,31);1H;1H2. The van der Waals surface area contributed by atoms with Crippen LogP contribution in [0.5, 0.6) is 5.75 Å². The fraction of sp³-hybridized carbons (Fsp3) is 0.458. The Kier molecular flexibility index (Phi) is 9.56. The number of alkyl halides is 3. The maximum atomic E-state index is 13.3. The second-order valence-electron chi connectivity index (χ2n) is 8.83. The van der Waals surface area contributed by atoms with Crippen molar-refractivity contribution in [2.75, 3.05) is 30.4 Å². The van der Waals surface area contributed by atoms with Gasteiger partial charge in [0.25, 0.3) is 0 Å². The molecular formula is C24H32ClF3N6O2. The van der Waals surface area contributed by atoms with Crippen molar-refractivity contribution in [3.8, 4) is 16.9 Å². The number of piperidine rings is 1. The van der Waals surface area contributed by atoms with Crippen LogP contribution in [0.4, 0.5) is 30.8 Å². The largest absolute Gasteiger partial charge is 0.496 e. The topological polar surface area (TPSA) is 99.6 Å². The van der Waals surface area contributed by atoms with Crippen molar-refractivity contribution in [1.29, 1.82) is 0 Å². The number of hydrogen-bond donors (Lipinski definition) is 1. The number of nitrogens with one attached hydrogen (secondary N) is 1. The number of halogens is 4. The van der Waals surface area contributed by atoms with Crippen molar-refractivity contribution in [2.45, 2.75) is 45.8 Å². The molecule has 3 N–H and O–H groups in total. The summed E-state index contributed by atoms with van der Waals surface area (Å²) in [6, 6.07) is 9.52. The molecule has 1 unspecified atom stereocenters. The van der Waals surface area contributed by atoms with Crippen LogP contribution in [-0.4, -0.2) is 51.6 Å². The minimum absolute atomic E-state index is 0. The van der Waals surface area contributed by atoms with Crippen LogP contribution < -0.4 is 15.0 Å². The van der Waals surface area contributed by atoms with Crippen molar-refractivity contribution >= 4 is 30.0 Å². The molecule has 1 aromatic carbocycles. The molecule has 36 heavy (non-hydrogen) atoms. The Morgan fingerprint density at radius 3 is 2.56 bits per heavy atom. The van der Waals surface area contributed by atoms with E-state index in [0.29, 0.717) is 36.3 Å².